The predicted octanol–water partition coefficient (Wildman–Crippen LogP) is 2.68. The second-order valence-corrected chi connectivity index (χ2v) is 6.39. The molecule has 0 amide bonds. The number of rotatable bonds is 6. The molecule has 1 heterocycles. The zero-order valence-corrected chi connectivity index (χ0v) is 12.5. The van der Waals surface area contributed by atoms with Gasteiger partial charge in [0, 0.05) is 38.0 Å². The van der Waals surface area contributed by atoms with E-state index in [0.29, 0.717) is 12.0 Å². The summed E-state index contributed by atoms with van der Waals surface area (Å²) in [6.45, 7) is 3.02. The van der Waals surface area contributed by atoms with Gasteiger partial charge in [0.15, 0.2) is 0 Å². The topological polar surface area (TPSA) is 35.5 Å². The number of halogens is 1. The lowest BCUT2D eigenvalue weighted by atomic mass is 9.94. The number of anilines is 1. The van der Waals surface area contributed by atoms with E-state index in [4.69, 9.17) is 5.11 Å². The molecule has 3 rings (SSSR count). The summed E-state index contributed by atoms with van der Waals surface area (Å²) in [6.07, 6.45) is 5.69. The number of nitrogens with zero attached hydrogens (tertiary/aromatic N) is 1. The number of hydrogen-bond donors (Lipinski definition) is 2. The molecule has 0 radical (unpaired) electrons. The molecule has 1 aliphatic heterocycles. The standard InChI is InChI=1S/C17H25FN2O/c18-15-3-6-17(14(10-15)11-19-16-4-5-16)20-8-1-2-13(12-20)7-9-21/h3,6,10,13,16,19,21H,1-2,4-5,7-9,11-12H2. The van der Waals surface area contributed by atoms with Gasteiger partial charge in [-0.05, 0) is 61.8 Å². The normalized spacial score (nSPS) is 22.6. The van der Waals surface area contributed by atoms with E-state index in [0.717, 1.165) is 43.7 Å². The largest absolute Gasteiger partial charge is 0.396 e. The van der Waals surface area contributed by atoms with Gasteiger partial charge in [0.25, 0.3) is 0 Å². The molecule has 3 nitrogen and oxygen atoms in total. The minimum Gasteiger partial charge on any atom is -0.396 e. The summed E-state index contributed by atoms with van der Waals surface area (Å²) in [6, 6.07) is 5.77. The molecule has 4 heteroatoms. The molecule has 21 heavy (non-hydrogen) atoms. The van der Waals surface area contributed by atoms with Gasteiger partial charge in [0.05, 0.1) is 0 Å². The number of aliphatic hydroxyl groups is 1. The van der Waals surface area contributed by atoms with Gasteiger partial charge in [-0.1, -0.05) is 0 Å². The van der Waals surface area contributed by atoms with E-state index in [9.17, 15) is 4.39 Å². The first-order valence-electron chi connectivity index (χ1n) is 8.14. The van der Waals surface area contributed by atoms with Crippen LogP contribution in [0.15, 0.2) is 18.2 Å². The summed E-state index contributed by atoms with van der Waals surface area (Å²) in [5.74, 6) is 0.397. The van der Waals surface area contributed by atoms with Crippen LogP contribution in [-0.2, 0) is 6.54 Å². The van der Waals surface area contributed by atoms with Crippen LogP contribution in [-0.4, -0.2) is 30.8 Å². The summed E-state index contributed by atoms with van der Waals surface area (Å²) in [7, 11) is 0. The zero-order valence-electron chi connectivity index (χ0n) is 12.5. The van der Waals surface area contributed by atoms with Crippen LogP contribution >= 0.6 is 0 Å². The molecular weight excluding hydrogens is 267 g/mol. The van der Waals surface area contributed by atoms with Crippen LogP contribution in [0.5, 0.6) is 0 Å². The molecule has 2 aliphatic rings. The highest BCUT2D eigenvalue weighted by Gasteiger charge is 2.24. The van der Waals surface area contributed by atoms with E-state index in [-0.39, 0.29) is 12.4 Å². The van der Waals surface area contributed by atoms with Crippen molar-refractivity contribution in [2.75, 3.05) is 24.6 Å². The molecule has 1 aromatic rings. The molecule has 1 saturated carbocycles. The third-order valence-corrected chi connectivity index (χ3v) is 4.60. The highest BCUT2D eigenvalue weighted by atomic mass is 19.1. The molecule has 2 fully saturated rings. The van der Waals surface area contributed by atoms with E-state index in [1.807, 2.05) is 6.07 Å². The molecule has 116 valence electrons. The van der Waals surface area contributed by atoms with Gasteiger partial charge in [-0.2, -0.15) is 0 Å². The minimum absolute atomic E-state index is 0.157. The van der Waals surface area contributed by atoms with Crippen LogP contribution < -0.4 is 10.2 Å². The summed E-state index contributed by atoms with van der Waals surface area (Å²) < 4.78 is 13.6. The second-order valence-electron chi connectivity index (χ2n) is 6.39. The van der Waals surface area contributed by atoms with Crippen molar-refractivity contribution in [1.82, 2.24) is 5.32 Å². The van der Waals surface area contributed by atoms with Gasteiger partial charge in [0.1, 0.15) is 5.82 Å². The Labute approximate surface area is 126 Å². The fraction of sp³-hybridized carbons (Fsp3) is 0.647. The lowest BCUT2D eigenvalue weighted by Gasteiger charge is -2.35. The lowest BCUT2D eigenvalue weighted by molar-refractivity contribution is 0.244. The molecule has 0 aromatic heterocycles. The van der Waals surface area contributed by atoms with Crippen LogP contribution in [0.3, 0.4) is 0 Å². The van der Waals surface area contributed by atoms with Crippen molar-refractivity contribution in [3.05, 3.63) is 29.6 Å². The monoisotopic (exact) mass is 292 g/mol. The van der Waals surface area contributed by atoms with Crippen molar-refractivity contribution >= 4 is 5.69 Å². The van der Waals surface area contributed by atoms with Crippen molar-refractivity contribution in [2.24, 2.45) is 5.92 Å². The lowest BCUT2D eigenvalue weighted by Crippen LogP contribution is -2.36. The molecule has 1 unspecified atom stereocenters. The Bertz CT molecular complexity index is 474. The van der Waals surface area contributed by atoms with E-state index in [1.54, 1.807) is 12.1 Å². The molecule has 1 saturated heterocycles. The van der Waals surface area contributed by atoms with E-state index < -0.39 is 0 Å². The van der Waals surface area contributed by atoms with Crippen molar-refractivity contribution in [1.29, 1.82) is 0 Å². The van der Waals surface area contributed by atoms with E-state index >= 15 is 0 Å². The molecule has 1 aliphatic carbocycles. The third kappa shape index (κ3) is 3.95. The quantitative estimate of drug-likeness (QED) is 0.846. The molecule has 1 atom stereocenters. The smallest absolute Gasteiger partial charge is 0.123 e. The van der Waals surface area contributed by atoms with Crippen molar-refractivity contribution in [2.45, 2.75) is 44.7 Å². The molecule has 1 aromatic carbocycles. The fourth-order valence-corrected chi connectivity index (χ4v) is 3.25. The van der Waals surface area contributed by atoms with Crippen molar-refractivity contribution in [3.63, 3.8) is 0 Å². The Kier molecular flexibility index (Phi) is 4.76. The number of hydrogen-bond acceptors (Lipinski definition) is 3. The maximum Gasteiger partial charge on any atom is 0.123 e. The van der Waals surface area contributed by atoms with Crippen LogP contribution in [0, 0.1) is 11.7 Å². The molecule has 2 N–H and O–H groups in total. The van der Waals surface area contributed by atoms with E-state index in [1.165, 1.54) is 19.3 Å². The number of aliphatic hydroxyl groups excluding tert-OH is 1. The maximum absolute atomic E-state index is 13.6. The van der Waals surface area contributed by atoms with Gasteiger partial charge in [-0.3, -0.25) is 0 Å². The summed E-state index contributed by atoms with van der Waals surface area (Å²) in [5.41, 5.74) is 2.22. The Morgan fingerprint density at radius 2 is 2.14 bits per heavy atom. The minimum atomic E-state index is -0.157. The van der Waals surface area contributed by atoms with Gasteiger partial charge in [0.2, 0.25) is 0 Å². The number of piperidine rings is 1. The molecule has 0 bridgehead atoms. The van der Waals surface area contributed by atoms with Crippen LogP contribution in [0.4, 0.5) is 10.1 Å². The van der Waals surface area contributed by atoms with Gasteiger partial charge in [-0.15, -0.1) is 0 Å². The number of nitrogens with one attached hydrogen (secondary N) is 1. The average Bonchev–Trinajstić information content (AvgIpc) is 3.30. The van der Waals surface area contributed by atoms with E-state index in [2.05, 4.69) is 10.2 Å². The summed E-state index contributed by atoms with van der Waals surface area (Å²) in [4.78, 5) is 2.37. The first kappa shape index (κ1) is 14.8. The molecule has 0 spiro atoms. The Morgan fingerprint density at radius 1 is 1.29 bits per heavy atom. The zero-order chi connectivity index (χ0) is 14.7. The SMILES string of the molecule is OCCC1CCCN(c2ccc(F)cc2CNC2CC2)C1. The Hall–Kier alpha value is -1.13. The van der Waals surface area contributed by atoms with Crippen LogP contribution in [0.25, 0.3) is 0 Å². The maximum atomic E-state index is 13.6. The first-order chi connectivity index (χ1) is 10.3. The van der Waals surface area contributed by atoms with Gasteiger partial charge >= 0.3 is 0 Å². The Balaban J connectivity index is 1.72. The summed E-state index contributed by atoms with van der Waals surface area (Å²) in [5, 5.41) is 12.6. The van der Waals surface area contributed by atoms with Crippen molar-refractivity contribution < 1.29 is 9.50 Å². The highest BCUT2D eigenvalue weighted by molar-refractivity contribution is 5.54. The third-order valence-electron chi connectivity index (χ3n) is 4.60. The van der Waals surface area contributed by atoms with Gasteiger partial charge < -0.3 is 15.3 Å². The highest BCUT2D eigenvalue weighted by Crippen LogP contribution is 2.29. The fourth-order valence-electron chi connectivity index (χ4n) is 3.25. The van der Waals surface area contributed by atoms with Crippen LogP contribution in [0.2, 0.25) is 0 Å². The Morgan fingerprint density at radius 3 is 2.90 bits per heavy atom. The first-order valence-corrected chi connectivity index (χ1v) is 8.14. The second kappa shape index (κ2) is 6.75. The number of benzene rings is 1. The molecular formula is C17H25FN2O. The van der Waals surface area contributed by atoms with Gasteiger partial charge in [-0.25, -0.2) is 4.39 Å². The summed E-state index contributed by atoms with van der Waals surface area (Å²) >= 11 is 0. The van der Waals surface area contributed by atoms with Crippen LogP contribution in [0.1, 0.15) is 37.7 Å². The average molecular weight is 292 g/mol. The predicted molar refractivity (Wildman–Crippen MR) is 82.9 cm³/mol. The van der Waals surface area contributed by atoms with Crippen molar-refractivity contribution in [3.8, 4) is 0 Å².